The Morgan fingerprint density at radius 2 is 2.06 bits per heavy atom. The molecule has 6 heteroatoms. The van der Waals surface area contributed by atoms with E-state index in [0.717, 1.165) is 5.56 Å². The Hall–Kier alpha value is -1.33. The molecule has 1 aromatic heterocycles. The summed E-state index contributed by atoms with van der Waals surface area (Å²) in [7, 11) is 0. The zero-order valence-electron chi connectivity index (χ0n) is 9.87. The Kier molecular flexibility index (Phi) is 4.04. The van der Waals surface area contributed by atoms with E-state index in [0.29, 0.717) is 21.8 Å². The fourth-order valence-electron chi connectivity index (χ4n) is 1.42. The lowest BCUT2D eigenvalue weighted by molar-refractivity contribution is 0.631. The Morgan fingerprint density at radius 3 is 2.78 bits per heavy atom. The molecule has 0 saturated heterocycles. The van der Waals surface area contributed by atoms with Gasteiger partial charge in [-0.05, 0) is 30.9 Å². The predicted molar refractivity (Wildman–Crippen MR) is 73.2 cm³/mol. The van der Waals surface area contributed by atoms with E-state index in [1.807, 2.05) is 13.2 Å². The SMILES string of the molecule is CSc1nc(Cl)cc(Nc2cc(C)ccc2F)n1. The van der Waals surface area contributed by atoms with Crippen molar-refractivity contribution in [1.29, 1.82) is 0 Å². The molecule has 18 heavy (non-hydrogen) atoms. The number of benzene rings is 1. The summed E-state index contributed by atoms with van der Waals surface area (Å²) in [6, 6.07) is 6.39. The molecule has 94 valence electrons. The molecule has 0 atom stereocenters. The van der Waals surface area contributed by atoms with E-state index in [9.17, 15) is 4.39 Å². The zero-order valence-corrected chi connectivity index (χ0v) is 11.4. The largest absolute Gasteiger partial charge is 0.338 e. The van der Waals surface area contributed by atoms with Gasteiger partial charge in [-0.2, -0.15) is 0 Å². The van der Waals surface area contributed by atoms with Gasteiger partial charge < -0.3 is 5.32 Å². The summed E-state index contributed by atoms with van der Waals surface area (Å²) in [4.78, 5) is 8.23. The lowest BCUT2D eigenvalue weighted by Gasteiger charge is -2.08. The van der Waals surface area contributed by atoms with Crippen LogP contribution in [0.1, 0.15) is 5.56 Å². The highest BCUT2D eigenvalue weighted by Gasteiger charge is 2.06. The van der Waals surface area contributed by atoms with Crippen LogP contribution in [0.5, 0.6) is 0 Å². The molecule has 2 aromatic rings. The van der Waals surface area contributed by atoms with Gasteiger partial charge in [0, 0.05) is 6.07 Å². The smallest absolute Gasteiger partial charge is 0.190 e. The topological polar surface area (TPSA) is 37.8 Å². The fourth-order valence-corrected chi connectivity index (χ4v) is 2.04. The Labute approximate surface area is 114 Å². The molecule has 0 aliphatic rings. The summed E-state index contributed by atoms with van der Waals surface area (Å²) in [5, 5.41) is 3.77. The number of aryl methyl sites for hydroxylation is 1. The fraction of sp³-hybridized carbons (Fsp3) is 0.167. The van der Waals surface area contributed by atoms with Crippen LogP contribution in [0.25, 0.3) is 0 Å². The van der Waals surface area contributed by atoms with E-state index in [1.165, 1.54) is 17.8 Å². The summed E-state index contributed by atoms with van der Waals surface area (Å²) in [6.07, 6.45) is 1.85. The third kappa shape index (κ3) is 3.11. The minimum atomic E-state index is -0.332. The standard InChI is InChI=1S/C12H11ClFN3S/c1-7-3-4-8(14)9(5-7)15-11-6-10(13)16-12(17-11)18-2/h3-6H,1-2H3,(H,15,16,17). The third-order valence-electron chi connectivity index (χ3n) is 2.24. The number of halogens is 2. The molecule has 1 N–H and O–H groups in total. The Balaban J connectivity index is 2.33. The molecule has 3 nitrogen and oxygen atoms in total. The maximum absolute atomic E-state index is 13.6. The van der Waals surface area contributed by atoms with Gasteiger partial charge in [-0.3, -0.25) is 0 Å². The molecule has 0 radical (unpaired) electrons. The van der Waals surface area contributed by atoms with Gasteiger partial charge in [0.1, 0.15) is 16.8 Å². The summed E-state index contributed by atoms with van der Waals surface area (Å²) < 4.78 is 13.6. The molecule has 2 rings (SSSR count). The quantitative estimate of drug-likeness (QED) is 0.524. The molecule has 0 aliphatic carbocycles. The van der Waals surface area contributed by atoms with Crippen LogP contribution in [0.15, 0.2) is 29.4 Å². The van der Waals surface area contributed by atoms with Crippen LogP contribution in [0, 0.1) is 12.7 Å². The van der Waals surface area contributed by atoms with Crippen LogP contribution in [-0.4, -0.2) is 16.2 Å². The summed E-state index contributed by atoms with van der Waals surface area (Å²) in [5.74, 6) is 0.143. The monoisotopic (exact) mass is 283 g/mol. The highest BCUT2D eigenvalue weighted by molar-refractivity contribution is 7.98. The minimum Gasteiger partial charge on any atom is -0.338 e. The molecule has 0 amide bonds. The second-order valence-electron chi connectivity index (χ2n) is 3.67. The average molecular weight is 284 g/mol. The van der Waals surface area contributed by atoms with Crippen molar-refractivity contribution >= 4 is 34.9 Å². The highest BCUT2D eigenvalue weighted by atomic mass is 35.5. The third-order valence-corrected chi connectivity index (χ3v) is 2.98. The number of rotatable bonds is 3. The van der Waals surface area contributed by atoms with Crippen molar-refractivity contribution < 1.29 is 4.39 Å². The molecule has 1 aromatic carbocycles. The van der Waals surface area contributed by atoms with E-state index >= 15 is 0 Å². The van der Waals surface area contributed by atoms with Gasteiger partial charge in [0.15, 0.2) is 5.16 Å². The first kappa shape index (κ1) is 13.1. The number of nitrogens with one attached hydrogen (secondary N) is 1. The van der Waals surface area contributed by atoms with Crippen molar-refractivity contribution in [2.75, 3.05) is 11.6 Å². The number of nitrogens with zero attached hydrogens (tertiary/aromatic N) is 2. The number of hydrogen-bond acceptors (Lipinski definition) is 4. The molecule has 0 fully saturated rings. The first-order valence-corrected chi connectivity index (χ1v) is 6.80. The van der Waals surface area contributed by atoms with Crippen molar-refractivity contribution in [1.82, 2.24) is 9.97 Å². The second kappa shape index (κ2) is 5.54. The van der Waals surface area contributed by atoms with E-state index < -0.39 is 0 Å². The second-order valence-corrected chi connectivity index (χ2v) is 4.83. The summed E-state index contributed by atoms with van der Waals surface area (Å²) in [6.45, 7) is 1.89. The predicted octanol–water partition coefficient (Wildman–Crippen LogP) is 4.04. The molecule has 0 unspecified atom stereocenters. The Bertz CT molecular complexity index is 577. The molecular weight excluding hydrogens is 273 g/mol. The lowest BCUT2D eigenvalue weighted by atomic mass is 10.2. The van der Waals surface area contributed by atoms with Crippen LogP contribution >= 0.6 is 23.4 Å². The molecule has 0 spiro atoms. The number of hydrogen-bond donors (Lipinski definition) is 1. The summed E-state index contributed by atoms with van der Waals surface area (Å²) in [5.41, 5.74) is 1.33. The minimum absolute atomic E-state index is 0.324. The van der Waals surface area contributed by atoms with Crippen molar-refractivity contribution in [2.45, 2.75) is 12.1 Å². The van der Waals surface area contributed by atoms with Gasteiger partial charge in [0.2, 0.25) is 0 Å². The molecular formula is C12H11ClFN3S. The molecule has 0 aliphatic heterocycles. The van der Waals surface area contributed by atoms with Gasteiger partial charge in [0.05, 0.1) is 5.69 Å². The van der Waals surface area contributed by atoms with Crippen molar-refractivity contribution in [2.24, 2.45) is 0 Å². The number of aromatic nitrogens is 2. The average Bonchev–Trinajstić information content (AvgIpc) is 2.33. The zero-order chi connectivity index (χ0) is 13.1. The first-order chi connectivity index (χ1) is 8.58. The first-order valence-electron chi connectivity index (χ1n) is 5.20. The van der Waals surface area contributed by atoms with Crippen LogP contribution in [0.2, 0.25) is 5.15 Å². The maximum Gasteiger partial charge on any atom is 0.190 e. The Morgan fingerprint density at radius 1 is 1.28 bits per heavy atom. The number of thioether (sulfide) groups is 1. The lowest BCUT2D eigenvalue weighted by Crippen LogP contribution is -1.99. The van der Waals surface area contributed by atoms with Gasteiger partial charge in [-0.25, -0.2) is 14.4 Å². The van der Waals surface area contributed by atoms with E-state index in [2.05, 4.69) is 15.3 Å². The summed E-state index contributed by atoms with van der Waals surface area (Å²) >= 11 is 7.24. The van der Waals surface area contributed by atoms with E-state index in [-0.39, 0.29) is 5.82 Å². The van der Waals surface area contributed by atoms with Crippen LogP contribution < -0.4 is 5.32 Å². The maximum atomic E-state index is 13.6. The van der Waals surface area contributed by atoms with Gasteiger partial charge >= 0.3 is 0 Å². The van der Waals surface area contributed by atoms with Crippen LogP contribution in [0.4, 0.5) is 15.9 Å². The van der Waals surface area contributed by atoms with Crippen LogP contribution in [-0.2, 0) is 0 Å². The van der Waals surface area contributed by atoms with Gasteiger partial charge in [-0.1, -0.05) is 29.4 Å². The van der Waals surface area contributed by atoms with Crippen LogP contribution in [0.3, 0.4) is 0 Å². The molecule has 1 heterocycles. The van der Waals surface area contributed by atoms with E-state index in [1.54, 1.807) is 18.2 Å². The van der Waals surface area contributed by atoms with Crippen molar-refractivity contribution in [3.8, 4) is 0 Å². The van der Waals surface area contributed by atoms with Gasteiger partial charge in [-0.15, -0.1) is 0 Å². The van der Waals surface area contributed by atoms with Gasteiger partial charge in [0.25, 0.3) is 0 Å². The molecule has 0 saturated carbocycles. The molecule has 0 bridgehead atoms. The van der Waals surface area contributed by atoms with Crippen molar-refractivity contribution in [3.63, 3.8) is 0 Å². The number of anilines is 2. The van der Waals surface area contributed by atoms with Crippen molar-refractivity contribution in [3.05, 3.63) is 40.8 Å². The highest BCUT2D eigenvalue weighted by Crippen LogP contribution is 2.23. The normalized spacial score (nSPS) is 10.4. The van der Waals surface area contributed by atoms with E-state index in [4.69, 9.17) is 11.6 Å².